The van der Waals surface area contributed by atoms with Crippen LogP contribution in [0.1, 0.15) is 17.2 Å². The molecule has 4 rings (SSSR count). The molecule has 2 heterocycles. The molecule has 0 saturated carbocycles. The van der Waals surface area contributed by atoms with Crippen molar-refractivity contribution in [2.75, 3.05) is 12.0 Å². The number of carbonyl (C=O) groups excluding carboxylic acids is 1. The van der Waals surface area contributed by atoms with Crippen molar-refractivity contribution in [2.45, 2.75) is 24.4 Å². The van der Waals surface area contributed by atoms with Gasteiger partial charge in [-0.25, -0.2) is 0 Å². The number of hydrogen-bond donors (Lipinski definition) is 0. The van der Waals surface area contributed by atoms with Crippen LogP contribution >= 0.6 is 0 Å². The SMILES string of the molecule is CO[C@@H]1C(=O)N(c2ccccc2C#N)[C@H]1[C@H]1O[C@@H]1c1ccccc1. The molecule has 2 aliphatic rings. The van der Waals surface area contributed by atoms with E-state index in [4.69, 9.17) is 9.47 Å². The molecule has 0 spiro atoms. The fraction of sp³-hybridized carbons (Fsp3) is 0.263. The summed E-state index contributed by atoms with van der Waals surface area (Å²) in [5, 5.41) is 9.32. The van der Waals surface area contributed by atoms with Gasteiger partial charge >= 0.3 is 0 Å². The van der Waals surface area contributed by atoms with E-state index in [-0.39, 0.29) is 24.2 Å². The molecule has 2 saturated heterocycles. The van der Waals surface area contributed by atoms with Crippen LogP contribution in [-0.2, 0) is 14.3 Å². The molecule has 2 aromatic carbocycles. The first-order valence-corrected chi connectivity index (χ1v) is 7.81. The van der Waals surface area contributed by atoms with Crippen LogP contribution in [0.25, 0.3) is 0 Å². The predicted molar refractivity (Wildman–Crippen MR) is 87.3 cm³/mol. The number of methoxy groups -OCH3 is 1. The van der Waals surface area contributed by atoms with Crippen molar-refractivity contribution in [3.05, 3.63) is 65.7 Å². The number of nitrogens with zero attached hydrogens (tertiary/aromatic N) is 2. The molecule has 0 bridgehead atoms. The largest absolute Gasteiger partial charge is 0.369 e. The Labute approximate surface area is 140 Å². The third-order valence-corrected chi connectivity index (χ3v) is 4.62. The van der Waals surface area contributed by atoms with Gasteiger partial charge in [-0.2, -0.15) is 5.26 Å². The molecular weight excluding hydrogens is 304 g/mol. The number of amides is 1. The number of rotatable bonds is 4. The zero-order valence-electron chi connectivity index (χ0n) is 13.1. The maximum absolute atomic E-state index is 12.5. The van der Waals surface area contributed by atoms with Crippen LogP contribution < -0.4 is 4.90 Å². The van der Waals surface area contributed by atoms with Gasteiger partial charge in [-0.3, -0.25) is 9.69 Å². The van der Waals surface area contributed by atoms with Gasteiger partial charge in [-0.15, -0.1) is 0 Å². The Morgan fingerprint density at radius 2 is 1.83 bits per heavy atom. The molecule has 2 aromatic rings. The number of epoxide rings is 1. The number of para-hydroxylation sites is 1. The minimum absolute atomic E-state index is 0.0429. The van der Waals surface area contributed by atoms with E-state index in [1.54, 1.807) is 23.1 Å². The van der Waals surface area contributed by atoms with Gasteiger partial charge in [0, 0.05) is 7.11 Å². The molecule has 5 nitrogen and oxygen atoms in total. The van der Waals surface area contributed by atoms with E-state index >= 15 is 0 Å². The number of ether oxygens (including phenoxy) is 2. The molecule has 0 unspecified atom stereocenters. The Bertz CT molecular complexity index is 815. The van der Waals surface area contributed by atoms with Gasteiger partial charge in [0.1, 0.15) is 24.3 Å². The summed E-state index contributed by atoms with van der Waals surface area (Å²) in [6.07, 6.45) is -0.698. The normalized spacial score (nSPS) is 28.2. The molecule has 0 aromatic heterocycles. The summed E-state index contributed by atoms with van der Waals surface area (Å²) in [4.78, 5) is 14.1. The summed E-state index contributed by atoms with van der Waals surface area (Å²) in [5.74, 6) is -0.132. The molecule has 4 atom stereocenters. The van der Waals surface area contributed by atoms with E-state index < -0.39 is 6.10 Å². The lowest BCUT2D eigenvalue weighted by molar-refractivity contribution is -0.140. The Morgan fingerprint density at radius 3 is 2.54 bits per heavy atom. The van der Waals surface area contributed by atoms with Crippen LogP contribution in [0.5, 0.6) is 0 Å². The number of benzene rings is 2. The van der Waals surface area contributed by atoms with Gasteiger partial charge < -0.3 is 9.47 Å². The molecule has 120 valence electrons. The molecule has 0 radical (unpaired) electrons. The molecule has 2 fully saturated rings. The highest BCUT2D eigenvalue weighted by atomic mass is 16.6. The summed E-state index contributed by atoms with van der Waals surface area (Å²) < 4.78 is 11.2. The zero-order chi connectivity index (χ0) is 16.7. The van der Waals surface area contributed by atoms with Crippen LogP contribution in [0.15, 0.2) is 54.6 Å². The monoisotopic (exact) mass is 320 g/mol. The fourth-order valence-electron chi connectivity index (χ4n) is 3.39. The van der Waals surface area contributed by atoms with Crippen molar-refractivity contribution in [3.63, 3.8) is 0 Å². The molecule has 0 N–H and O–H groups in total. The molecular formula is C19H16N2O3. The summed E-state index contributed by atoms with van der Waals surface area (Å²) in [5.41, 5.74) is 2.18. The maximum atomic E-state index is 12.5. The zero-order valence-corrected chi connectivity index (χ0v) is 13.1. The molecule has 1 amide bonds. The highest BCUT2D eigenvalue weighted by molar-refractivity contribution is 6.06. The second-order valence-electron chi connectivity index (χ2n) is 5.92. The fourth-order valence-corrected chi connectivity index (χ4v) is 3.39. The first-order chi connectivity index (χ1) is 11.8. The van der Waals surface area contributed by atoms with E-state index in [9.17, 15) is 10.1 Å². The average molecular weight is 320 g/mol. The van der Waals surface area contributed by atoms with Gasteiger partial charge in [0.2, 0.25) is 0 Å². The molecule has 0 aliphatic carbocycles. The van der Waals surface area contributed by atoms with Crippen LogP contribution in [0.4, 0.5) is 5.69 Å². The number of β-lactam (4-membered cyclic amide) rings is 1. The first kappa shape index (κ1) is 14.9. The number of hydrogen-bond acceptors (Lipinski definition) is 4. The van der Waals surface area contributed by atoms with Crippen molar-refractivity contribution < 1.29 is 14.3 Å². The Balaban J connectivity index is 1.64. The average Bonchev–Trinajstić information content (AvgIpc) is 3.41. The standard InChI is InChI=1S/C19H16N2O3/c1-23-18-15(17-16(24-17)12-7-3-2-4-8-12)21(19(18)22)14-10-6-5-9-13(14)11-20/h2-10,15-18H,1H3/t15-,16+,17+,18-/m0/s1. The lowest BCUT2D eigenvalue weighted by atomic mass is 9.90. The minimum atomic E-state index is -0.532. The second-order valence-corrected chi connectivity index (χ2v) is 5.92. The topological polar surface area (TPSA) is 65.9 Å². The highest BCUT2D eigenvalue weighted by Crippen LogP contribution is 2.48. The van der Waals surface area contributed by atoms with Crippen LogP contribution in [0, 0.1) is 11.3 Å². The third-order valence-electron chi connectivity index (χ3n) is 4.62. The quantitative estimate of drug-likeness (QED) is 0.641. The van der Waals surface area contributed by atoms with Crippen molar-refractivity contribution in [1.82, 2.24) is 0 Å². The van der Waals surface area contributed by atoms with Gasteiger partial charge in [0.25, 0.3) is 5.91 Å². The van der Waals surface area contributed by atoms with Crippen LogP contribution in [0.3, 0.4) is 0 Å². The highest BCUT2D eigenvalue weighted by Gasteiger charge is 2.61. The molecule has 5 heteroatoms. The Hall–Kier alpha value is -2.68. The van der Waals surface area contributed by atoms with Gasteiger partial charge in [0.05, 0.1) is 11.3 Å². The number of nitriles is 1. The van der Waals surface area contributed by atoms with E-state index in [0.29, 0.717) is 11.3 Å². The minimum Gasteiger partial charge on any atom is -0.369 e. The van der Waals surface area contributed by atoms with Crippen LogP contribution in [-0.4, -0.2) is 31.3 Å². The van der Waals surface area contributed by atoms with E-state index in [2.05, 4.69) is 6.07 Å². The number of carbonyl (C=O) groups is 1. The summed E-state index contributed by atoms with van der Waals surface area (Å²) in [6.45, 7) is 0. The predicted octanol–water partition coefficient (Wildman–Crippen LogP) is 2.43. The Kier molecular flexibility index (Phi) is 3.57. The first-order valence-electron chi connectivity index (χ1n) is 7.81. The van der Waals surface area contributed by atoms with E-state index in [1.165, 1.54) is 7.11 Å². The van der Waals surface area contributed by atoms with Crippen LogP contribution in [0.2, 0.25) is 0 Å². The lowest BCUT2D eigenvalue weighted by Gasteiger charge is -2.45. The van der Waals surface area contributed by atoms with E-state index in [0.717, 1.165) is 5.56 Å². The van der Waals surface area contributed by atoms with Crippen molar-refractivity contribution in [1.29, 1.82) is 5.26 Å². The Morgan fingerprint density at radius 1 is 1.12 bits per heavy atom. The summed E-state index contributed by atoms with van der Waals surface area (Å²) in [6, 6.07) is 19.0. The van der Waals surface area contributed by atoms with Gasteiger partial charge in [-0.05, 0) is 17.7 Å². The van der Waals surface area contributed by atoms with Crippen molar-refractivity contribution in [3.8, 4) is 6.07 Å². The van der Waals surface area contributed by atoms with Gasteiger partial charge in [0.15, 0.2) is 6.10 Å². The third kappa shape index (κ3) is 2.20. The van der Waals surface area contributed by atoms with E-state index in [1.807, 2.05) is 36.4 Å². The lowest BCUT2D eigenvalue weighted by Crippen LogP contribution is -2.68. The maximum Gasteiger partial charge on any atom is 0.258 e. The summed E-state index contributed by atoms with van der Waals surface area (Å²) in [7, 11) is 1.53. The van der Waals surface area contributed by atoms with Gasteiger partial charge in [-0.1, -0.05) is 42.5 Å². The summed E-state index contributed by atoms with van der Waals surface area (Å²) >= 11 is 0. The smallest absolute Gasteiger partial charge is 0.258 e. The van der Waals surface area contributed by atoms with Crippen molar-refractivity contribution in [2.24, 2.45) is 0 Å². The number of anilines is 1. The van der Waals surface area contributed by atoms with Crippen molar-refractivity contribution >= 4 is 11.6 Å². The molecule has 24 heavy (non-hydrogen) atoms. The second kappa shape index (κ2) is 5.75. The molecule has 2 aliphatic heterocycles.